The summed E-state index contributed by atoms with van der Waals surface area (Å²) in [6.07, 6.45) is 8.18. The van der Waals surface area contributed by atoms with Gasteiger partial charge in [-0.25, -0.2) is 0 Å². The fourth-order valence-corrected chi connectivity index (χ4v) is 3.10. The molecule has 0 atom stereocenters. The second-order valence-corrected chi connectivity index (χ2v) is 5.96. The van der Waals surface area contributed by atoms with E-state index >= 15 is 0 Å². The molecule has 0 aromatic rings. The van der Waals surface area contributed by atoms with Gasteiger partial charge in [0, 0.05) is 17.8 Å². The first-order valence-electron chi connectivity index (χ1n) is 6.06. The maximum Gasteiger partial charge on any atom is 0.0594 e. The Morgan fingerprint density at radius 2 is 2.00 bits per heavy atom. The highest BCUT2D eigenvalue weighted by atomic mass is 32.2. The molecule has 0 unspecified atom stereocenters. The highest BCUT2D eigenvalue weighted by molar-refractivity contribution is 8.00. The van der Waals surface area contributed by atoms with Crippen LogP contribution in [0.25, 0.3) is 0 Å². The zero-order valence-electron chi connectivity index (χ0n) is 10.3. The summed E-state index contributed by atoms with van der Waals surface area (Å²) in [5.74, 6) is 0. The monoisotopic (exact) mass is 231 g/mol. The molecule has 1 fully saturated rings. The zero-order valence-corrected chi connectivity index (χ0v) is 11.2. The number of ether oxygens (including phenoxy) is 1. The second kappa shape index (κ2) is 6.77. The minimum Gasteiger partial charge on any atom is -0.377 e. The number of nitrogens with one attached hydrogen (secondary N) is 1. The molecule has 0 radical (unpaired) electrons. The van der Waals surface area contributed by atoms with E-state index in [1.165, 1.54) is 25.7 Å². The van der Waals surface area contributed by atoms with Crippen LogP contribution in [0.3, 0.4) is 0 Å². The van der Waals surface area contributed by atoms with Crippen molar-refractivity contribution in [2.24, 2.45) is 0 Å². The Morgan fingerprint density at radius 1 is 1.33 bits per heavy atom. The zero-order chi connectivity index (χ0) is 11.1. The summed E-state index contributed by atoms with van der Waals surface area (Å²) >= 11 is 2.04. The SMILES string of the molecule is CSC1(CNCCOC(C)C)CCCC1. The van der Waals surface area contributed by atoms with Gasteiger partial charge in [0.05, 0.1) is 12.7 Å². The molecule has 0 aromatic heterocycles. The molecule has 3 heteroatoms. The minimum absolute atomic E-state index is 0.354. The van der Waals surface area contributed by atoms with Crippen molar-refractivity contribution in [3.63, 3.8) is 0 Å². The van der Waals surface area contributed by atoms with Gasteiger partial charge in [-0.2, -0.15) is 11.8 Å². The molecule has 1 rings (SSSR count). The van der Waals surface area contributed by atoms with Crippen LogP contribution >= 0.6 is 11.8 Å². The molecule has 1 aliphatic rings. The van der Waals surface area contributed by atoms with Gasteiger partial charge in [-0.1, -0.05) is 12.8 Å². The summed E-state index contributed by atoms with van der Waals surface area (Å²) in [4.78, 5) is 0. The first-order chi connectivity index (χ1) is 7.18. The van der Waals surface area contributed by atoms with E-state index in [9.17, 15) is 0 Å². The lowest BCUT2D eigenvalue weighted by Gasteiger charge is -2.27. The van der Waals surface area contributed by atoms with Gasteiger partial charge in [0.25, 0.3) is 0 Å². The van der Waals surface area contributed by atoms with Gasteiger partial charge in [-0.15, -0.1) is 0 Å². The molecule has 0 saturated heterocycles. The lowest BCUT2D eigenvalue weighted by molar-refractivity contribution is 0.0806. The van der Waals surface area contributed by atoms with Crippen molar-refractivity contribution in [2.75, 3.05) is 26.0 Å². The third-order valence-electron chi connectivity index (χ3n) is 3.12. The third kappa shape index (κ3) is 4.75. The fourth-order valence-electron chi connectivity index (χ4n) is 2.16. The average molecular weight is 231 g/mol. The molecule has 15 heavy (non-hydrogen) atoms. The smallest absolute Gasteiger partial charge is 0.0594 e. The van der Waals surface area contributed by atoms with Gasteiger partial charge in [0.2, 0.25) is 0 Å². The molecule has 2 nitrogen and oxygen atoms in total. The van der Waals surface area contributed by atoms with Crippen LogP contribution in [-0.4, -0.2) is 36.8 Å². The highest BCUT2D eigenvalue weighted by Crippen LogP contribution is 2.39. The van der Waals surface area contributed by atoms with E-state index in [1.807, 2.05) is 11.8 Å². The van der Waals surface area contributed by atoms with E-state index in [-0.39, 0.29) is 0 Å². The van der Waals surface area contributed by atoms with E-state index in [0.717, 1.165) is 19.7 Å². The lowest BCUT2D eigenvalue weighted by Crippen LogP contribution is -2.36. The molecule has 0 aliphatic heterocycles. The molecule has 1 aliphatic carbocycles. The van der Waals surface area contributed by atoms with Crippen LogP contribution in [0.15, 0.2) is 0 Å². The maximum absolute atomic E-state index is 5.50. The Kier molecular flexibility index (Phi) is 6.02. The highest BCUT2D eigenvalue weighted by Gasteiger charge is 2.32. The average Bonchev–Trinajstić information content (AvgIpc) is 2.66. The van der Waals surface area contributed by atoms with Crippen LogP contribution in [0.4, 0.5) is 0 Å². The van der Waals surface area contributed by atoms with E-state index in [1.54, 1.807) is 0 Å². The van der Waals surface area contributed by atoms with Gasteiger partial charge in [0.1, 0.15) is 0 Å². The van der Waals surface area contributed by atoms with Gasteiger partial charge >= 0.3 is 0 Å². The van der Waals surface area contributed by atoms with Crippen molar-refractivity contribution in [2.45, 2.75) is 50.4 Å². The van der Waals surface area contributed by atoms with Gasteiger partial charge in [-0.05, 0) is 32.9 Å². The largest absolute Gasteiger partial charge is 0.377 e. The Balaban J connectivity index is 2.07. The molecule has 1 saturated carbocycles. The van der Waals surface area contributed by atoms with Crippen LogP contribution in [0.2, 0.25) is 0 Å². The molecule has 0 aromatic carbocycles. The van der Waals surface area contributed by atoms with Crippen molar-refractivity contribution in [3.8, 4) is 0 Å². The predicted octanol–water partition coefficient (Wildman–Crippen LogP) is 2.68. The molecule has 0 bridgehead atoms. The second-order valence-electron chi connectivity index (χ2n) is 4.69. The van der Waals surface area contributed by atoms with Gasteiger partial charge < -0.3 is 10.1 Å². The van der Waals surface area contributed by atoms with Gasteiger partial charge in [-0.3, -0.25) is 0 Å². The molecule has 0 amide bonds. The lowest BCUT2D eigenvalue weighted by atomic mass is 10.1. The van der Waals surface area contributed by atoms with Crippen LogP contribution in [0.1, 0.15) is 39.5 Å². The first-order valence-corrected chi connectivity index (χ1v) is 7.28. The summed E-state index contributed by atoms with van der Waals surface area (Å²) in [5, 5.41) is 3.53. The molecule has 90 valence electrons. The quantitative estimate of drug-likeness (QED) is 0.681. The Morgan fingerprint density at radius 3 is 2.53 bits per heavy atom. The fraction of sp³-hybridized carbons (Fsp3) is 1.00. The van der Waals surface area contributed by atoms with Crippen molar-refractivity contribution < 1.29 is 4.74 Å². The summed E-state index contributed by atoms with van der Waals surface area (Å²) in [6, 6.07) is 0. The summed E-state index contributed by atoms with van der Waals surface area (Å²) < 4.78 is 6.03. The normalized spacial score (nSPS) is 20.0. The molecular formula is C12H25NOS. The van der Waals surface area contributed by atoms with E-state index in [4.69, 9.17) is 4.74 Å². The number of hydrogen-bond acceptors (Lipinski definition) is 3. The maximum atomic E-state index is 5.50. The van der Waals surface area contributed by atoms with Crippen molar-refractivity contribution >= 4 is 11.8 Å². The third-order valence-corrected chi connectivity index (χ3v) is 4.54. The van der Waals surface area contributed by atoms with Crippen molar-refractivity contribution in [1.29, 1.82) is 0 Å². The van der Waals surface area contributed by atoms with E-state index in [2.05, 4.69) is 25.4 Å². The molecule has 1 N–H and O–H groups in total. The topological polar surface area (TPSA) is 21.3 Å². The molecule has 0 heterocycles. The number of rotatable bonds is 7. The Bertz CT molecular complexity index is 167. The van der Waals surface area contributed by atoms with E-state index < -0.39 is 0 Å². The predicted molar refractivity (Wildman–Crippen MR) is 68.7 cm³/mol. The van der Waals surface area contributed by atoms with Crippen LogP contribution in [-0.2, 0) is 4.74 Å². The minimum atomic E-state index is 0.354. The number of thioether (sulfide) groups is 1. The van der Waals surface area contributed by atoms with E-state index in [0.29, 0.717) is 10.9 Å². The van der Waals surface area contributed by atoms with Crippen LogP contribution in [0, 0.1) is 0 Å². The van der Waals surface area contributed by atoms with Crippen molar-refractivity contribution in [1.82, 2.24) is 5.32 Å². The van der Waals surface area contributed by atoms with Crippen LogP contribution < -0.4 is 5.32 Å². The molecule has 0 spiro atoms. The standard InChI is InChI=1S/C12H25NOS/c1-11(2)14-9-8-13-10-12(15-3)6-4-5-7-12/h11,13H,4-10H2,1-3H3. The Labute approximate surface area is 98.5 Å². The summed E-state index contributed by atoms with van der Waals surface area (Å²) in [7, 11) is 0. The van der Waals surface area contributed by atoms with Gasteiger partial charge in [0.15, 0.2) is 0 Å². The summed E-state index contributed by atoms with van der Waals surface area (Å²) in [6.45, 7) is 7.14. The van der Waals surface area contributed by atoms with Crippen molar-refractivity contribution in [3.05, 3.63) is 0 Å². The Hall–Kier alpha value is 0.270. The van der Waals surface area contributed by atoms with Crippen LogP contribution in [0.5, 0.6) is 0 Å². The molecular weight excluding hydrogens is 206 g/mol. The first kappa shape index (κ1) is 13.3. The summed E-state index contributed by atoms with van der Waals surface area (Å²) in [5.41, 5.74) is 0. The number of hydrogen-bond donors (Lipinski definition) is 1.